The predicted octanol–water partition coefficient (Wildman–Crippen LogP) is 4.19. The second-order valence-corrected chi connectivity index (χ2v) is 4.74. The molecule has 0 saturated heterocycles. The molecule has 0 aliphatic rings. The molecule has 0 bridgehead atoms. The fraction of sp³-hybridized carbons (Fsp3) is 0.455. The summed E-state index contributed by atoms with van der Waals surface area (Å²) in [4.78, 5) is 0. The second-order valence-electron chi connectivity index (χ2n) is 3.24. The number of aryl methyl sites for hydroxylation is 2. The molecule has 0 saturated carbocycles. The normalized spacial score (nSPS) is 13.0. The van der Waals surface area contributed by atoms with Gasteiger partial charge in [-0.15, -0.1) is 0 Å². The Bertz CT molecular complexity index is 266. The molecule has 0 unspecified atom stereocenters. The Morgan fingerprint density at radius 1 is 1.33 bits per heavy atom. The number of hydrogen-bond donors (Lipinski definition) is 0. The maximum Gasteiger partial charge on any atom is 0.0359 e. The van der Waals surface area contributed by atoms with Crippen LogP contribution < -0.4 is 0 Å². The van der Waals surface area contributed by atoms with Gasteiger partial charge in [-0.3, -0.25) is 0 Å². The monoisotopic (exact) mass is 274 g/mol. The van der Waals surface area contributed by atoms with Gasteiger partial charge in [-0.2, -0.15) is 0 Å². The molecule has 1 aromatic carbocycles. The molecule has 1 rings (SSSR count). The summed E-state index contributed by atoms with van der Waals surface area (Å²) in [5, 5.41) is 0. The van der Waals surface area contributed by atoms with E-state index >= 15 is 0 Å². The number of hydrogen-bond acceptors (Lipinski definition) is 0. The zero-order chi connectivity index (χ0) is 9.14. The average Bonchev–Trinajstić information content (AvgIpc) is 2.03. The van der Waals surface area contributed by atoms with E-state index in [-0.39, 0.29) is 0 Å². The zero-order valence-electron chi connectivity index (χ0n) is 7.89. The van der Waals surface area contributed by atoms with Crippen molar-refractivity contribution in [3.63, 3.8) is 0 Å². The van der Waals surface area contributed by atoms with Crippen molar-refractivity contribution in [2.75, 3.05) is 0 Å². The van der Waals surface area contributed by atoms with Crippen LogP contribution in [-0.4, -0.2) is 0 Å². The highest BCUT2D eigenvalue weighted by Crippen LogP contribution is 2.29. The van der Waals surface area contributed by atoms with Crippen molar-refractivity contribution >= 4 is 22.6 Å². The summed E-state index contributed by atoms with van der Waals surface area (Å²) in [7, 11) is 0. The quantitative estimate of drug-likeness (QED) is 0.560. The number of rotatable bonds is 2. The van der Waals surface area contributed by atoms with Crippen LogP contribution in [0.1, 0.15) is 34.0 Å². The lowest BCUT2D eigenvalue weighted by molar-refractivity contribution is 0.918. The fourth-order valence-corrected chi connectivity index (χ4v) is 2.10. The fourth-order valence-electron chi connectivity index (χ4n) is 1.40. The van der Waals surface area contributed by atoms with Gasteiger partial charge in [0.15, 0.2) is 0 Å². The number of alkyl halides is 1. The first-order valence-corrected chi connectivity index (χ1v) is 5.61. The van der Waals surface area contributed by atoms with Crippen LogP contribution in [0.5, 0.6) is 0 Å². The molecule has 0 aliphatic heterocycles. The first-order valence-electron chi connectivity index (χ1n) is 4.36. The third-order valence-corrected chi connectivity index (χ3v) is 3.67. The molecule has 66 valence electrons. The highest BCUT2D eigenvalue weighted by molar-refractivity contribution is 14.1. The number of benzene rings is 1. The van der Waals surface area contributed by atoms with Gasteiger partial charge >= 0.3 is 0 Å². The van der Waals surface area contributed by atoms with Crippen LogP contribution in [0.25, 0.3) is 0 Å². The molecule has 0 amide bonds. The minimum Gasteiger partial charge on any atom is -0.0774 e. The molecular formula is C11H15I. The van der Waals surface area contributed by atoms with Gasteiger partial charge in [-0.05, 0) is 31.4 Å². The lowest BCUT2D eigenvalue weighted by Gasteiger charge is -2.11. The van der Waals surface area contributed by atoms with Crippen molar-refractivity contribution in [2.45, 2.75) is 31.1 Å². The molecule has 0 aromatic heterocycles. The molecule has 0 spiro atoms. The standard InChI is InChI=1S/C11H15I/c1-4-11(12)10-6-5-8(2)7-9(10)3/h5-7,11H,4H2,1-3H3/t11-/m0/s1. The topological polar surface area (TPSA) is 0 Å². The van der Waals surface area contributed by atoms with Crippen LogP contribution in [-0.2, 0) is 0 Å². The van der Waals surface area contributed by atoms with Gasteiger partial charge in [-0.1, -0.05) is 53.3 Å². The first kappa shape index (κ1) is 10.0. The molecule has 0 fully saturated rings. The molecule has 0 aliphatic carbocycles. The van der Waals surface area contributed by atoms with Gasteiger partial charge in [0.25, 0.3) is 0 Å². The van der Waals surface area contributed by atoms with Crippen LogP contribution >= 0.6 is 22.6 Å². The zero-order valence-corrected chi connectivity index (χ0v) is 10.1. The van der Waals surface area contributed by atoms with Crippen molar-refractivity contribution in [1.82, 2.24) is 0 Å². The van der Waals surface area contributed by atoms with E-state index in [0.29, 0.717) is 3.92 Å². The van der Waals surface area contributed by atoms with Gasteiger partial charge in [0, 0.05) is 3.92 Å². The molecule has 0 nitrogen and oxygen atoms in total. The molecule has 1 heteroatoms. The Morgan fingerprint density at radius 2 is 2.00 bits per heavy atom. The van der Waals surface area contributed by atoms with E-state index in [1.54, 1.807) is 0 Å². The Morgan fingerprint density at radius 3 is 2.50 bits per heavy atom. The summed E-state index contributed by atoms with van der Waals surface area (Å²) in [5.74, 6) is 0. The van der Waals surface area contributed by atoms with E-state index < -0.39 is 0 Å². The molecular weight excluding hydrogens is 259 g/mol. The van der Waals surface area contributed by atoms with E-state index in [4.69, 9.17) is 0 Å². The van der Waals surface area contributed by atoms with Crippen LogP contribution in [0.15, 0.2) is 18.2 Å². The smallest absolute Gasteiger partial charge is 0.0359 e. The summed E-state index contributed by atoms with van der Waals surface area (Å²) in [5.41, 5.74) is 4.27. The summed E-state index contributed by atoms with van der Waals surface area (Å²) in [6, 6.07) is 6.71. The second kappa shape index (κ2) is 4.26. The minimum absolute atomic E-state index is 0.670. The van der Waals surface area contributed by atoms with Crippen LogP contribution in [0.4, 0.5) is 0 Å². The van der Waals surface area contributed by atoms with E-state index in [9.17, 15) is 0 Å². The molecule has 0 N–H and O–H groups in total. The van der Waals surface area contributed by atoms with Crippen molar-refractivity contribution in [1.29, 1.82) is 0 Å². The van der Waals surface area contributed by atoms with Crippen molar-refractivity contribution in [3.8, 4) is 0 Å². The van der Waals surface area contributed by atoms with Gasteiger partial charge < -0.3 is 0 Å². The Labute approximate surface area is 88.5 Å². The third kappa shape index (κ3) is 2.22. The minimum atomic E-state index is 0.670. The van der Waals surface area contributed by atoms with Crippen molar-refractivity contribution in [2.24, 2.45) is 0 Å². The van der Waals surface area contributed by atoms with Gasteiger partial charge in [0.05, 0.1) is 0 Å². The molecule has 12 heavy (non-hydrogen) atoms. The highest BCUT2D eigenvalue weighted by atomic mass is 127. The van der Waals surface area contributed by atoms with Crippen LogP contribution in [0.3, 0.4) is 0 Å². The Balaban J connectivity index is 3.01. The third-order valence-electron chi connectivity index (χ3n) is 2.12. The SMILES string of the molecule is CC[C@H](I)c1ccc(C)cc1C. The molecule has 0 radical (unpaired) electrons. The van der Waals surface area contributed by atoms with Gasteiger partial charge in [-0.25, -0.2) is 0 Å². The summed E-state index contributed by atoms with van der Waals surface area (Å²) < 4.78 is 0.670. The molecule has 1 aromatic rings. The first-order chi connectivity index (χ1) is 5.65. The number of halogens is 1. The van der Waals surface area contributed by atoms with E-state index in [1.807, 2.05) is 0 Å². The molecule has 0 heterocycles. The Kier molecular flexibility index (Phi) is 3.56. The van der Waals surface area contributed by atoms with Crippen LogP contribution in [0.2, 0.25) is 0 Å². The lowest BCUT2D eigenvalue weighted by Crippen LogP contribution is -1.91. The van der Waals surface area contributed by atoms with E-state index in [1.165, 1.54) is 23.1 Å². The lowest BCUT2D eigenvalue weighted by atomic mass is 10.0. The summed E-state index contributed by atoms with van der Waals surface area (Å²) >= 11 is 2.51. The van der Waals surface area contributed by atoms with E-state index in [2.05, 4.69) is 61.6 Å². The maximum atomic E-state index is 2.51. The van der Waals surface area contributed by atoms with Gasteiger partial charge in [0.2, 0.25) is 0 Å². The maximum absolute atomic E-state index is 2.51. The highest BCUT2D eigenvalue weighted by Gasteiger charge is 2.06. The van der Waals surface area contributed by atoms with Crippen LogP contribution in [0, 0.1) is 13.8 Å². The molecule has 1 atom stereocenters. The largest absolute Gasteiger partial charge is 0.0774 e. The Hall–Kier alpha value is -0.0500. The predicted molar refractivity (Wildman–Crippen MR) is 63.0 cm³/mol. The summed E-state index contributed by atoms with van der Waals surface area (Å²) in [6.07, 6.45) is 1.21. The van der Waals surface area contributed by atoms with E-state index in [0.717, 1.165) is 0 Å². The van der Waals surface area contributed by atoms with Crippen molar-refractivity contribution in [3.05, 3.63) is 34.9 Å². The summed E-state index contributed by atoms with van der Waals surface area (Å²) in [6.45, 7) is 6.57. The average molecular weight is 274 g/mol. The van der Waals surface area contributed by atoms with Gasteiger partial charge in [0.1, 0.15) is 0 Å². The van der Waals surface area contributed by atoms with Crippen molar-refractivity contribution < 1.29 is 0 Å².